The normalized spacial score (nSPS) is 10.3. The number of hydrogen-bond acceptors (Lipinski definition) is 4. The lowest BCUT2D eigenvalue weighted by molar-refractivity contribution is -0.147. The number of benzene rings is 1. The second-order valence-electron chi connectivity index (χ2n) is 4.75. The predicted octanol–water partition coefficient (Wildman–Crippen LogP) is 3.82. The minimum absolute atomic E-state index is 0.272. The van der Waals surface area contributed by atoms with Gasteiger partial charge in [-0.1, -0.05) is 17.7 Å². The third kappa shape index (κ3) is 5.16. The maximum atomic E-state index is 11.8. The topological polar surface area (TPSA) is 55.4 Å². The van der Waals surface area contributed by atoms with Crippen molar-refractivity contribution in [3.05, 3.63) is 51.2 Å². The monoisotopic (exact) mass is 337 g/mol. The summed E-state index contributed by atoms with van der Waals surface area (Å²) in [5.74, 6) is -0.744. The third-order valence-electron chi connectivity index (χ3n) is 2.98. The van der Waals surface area contributed by atoms with E-state index in [1.165, 1.54) is 0 Å². The van der Waals surface area contributed by atoms with Gasteiger partial charge in [-0.05, 0) is 48.6 Å². The molecule has 1 aromatic carbocycles. The van der Waals surface area contributed by atoms with Crippen molar-refractivity contribution in [2.45, 2.75) is 19.8 Å². The van der Waals surface area contributed by atoms with E-state index in [2.05, 4.69) is 5.32 Å². The summed E-state index contributed by atoms with van der Waals surface area (Å²) in [5.41, 5.74) is 1.51. The first kappa shape index (κ1) is 16.5. The quantitative estimate of drug-likeness (QED) is 0.815. The van der Waals surface area contributed by atoms with Gasteiger partial charge in [-0.15, -0.1) is 11.3 Å². The number of aryl methyl sites for hydroxylation is 2. The minimum atomic E-state index is -0.378. The third-order valence-corrected chi connectivity index (χ3v) is 4.15. The van der Waals surface area contributed by atoms with E-state index < -0.39 is 0 Å². The molecule has 1 N–H and O–H groups in total. The van der Waals surface area contributed by atoms with Gasteiger partial charge < -0.3 is 10.1 Å². The number of thiophene rings is 1. The number of carbonyl (C=O) groups is 2. The Labute approximate surface area is 138 Å². The molecule has 0 bridgehead atoms. The molecule has 0 unspecified atom stereocenters. The van der Waals surface area contributed by atoms with Crippen LogP contribution in [-0.4, -0.2) is 18.5 Å². The van der Waals surface area contributed by atoms with Crippen LogP contribution in [0.4, 0.5) is 5.69 Å². The van der Waals surface area contributed by atoms with Crippen molar-refractivity contribution in [2.24, 2.45) is 0 Å². The molecule has 1 aromatic heterocycles. The van der Waals surface area contributed by atoms with Gasteiger partial charge in [-0.25, -0.2) is 0 Å². The average molecular weight is 338 g/mol. The van der Waals surface area contributed by atoms with Crippen molar-refractivity contribution in [3.8, 4) is 0 Å². The Kier molecular flexibility index (Phi) is 5.98. The number of anilines is 1. The number of rotatable bonds is 6. The summed E-state index contributed by atoms with van der Waals surface area (Å²) in [5, 5.41) is 5.26. The first-order chi connectivity index (χ1) is 10.5. The molecule has 22 heavy (non-hydrogen) atoms. The van der Waals surface area contributed by atoms with Gasteiger partial charge in [0.15, 0.2) is 6.61 Å². The first-order valence-electron chi connectivity index (χ1n) is 6.78. The van der Waals surface area contributed by atoms with Crippen molar-refractivity contribution < 1.29 is 14.3 Å². The molecule has 0 aliphatic rings. The van der Waals surface area contributed by atoms with E-state index in [0.717, 1.165) is 10.4 Å². The molecule has 1 heterocycles. The van der Waals surface area contributed by atoms with Crippen molar-refractivity contribution >= 4 is 40.5 Å². The van der Waals surface area contributed by atoms with E-state index in [0.29, 0.717) is 17.1 Å². The highest BCUT2D eigenvalue weighted by atomic mass is 35.5. The fraction of sp³-hybridized carbons (Fsp3) is 0.250. The lowest BCUT2D eigenvalue weighted by atomic mass is 10.2. The Morgan fingerprint density at radius 3 is 2.82 bits per heavy atom. The molecule has 1 amide bonds. The van der Waals surface area contributed by atoms with Gasteiger partial charge in [0.1, 0.15) is 0 Å². The molecule has 0 saturated carbocycles. The molecule has 0 aliphatic heterocycles. The first-order valence-corrected chi connectivity index (χ1v) is 8.04. The predicted molar refractivity (Wildman–Crippen MR) is 88.4 cm³/mol. The molecular weight excluding hydrogens is 322 g/mol. The van der Waals surface area contributed by atoms with Crippen LogP contribution >= 0.6 is 22.9 Å². The number of ether oxygens (including phenoxy) is 1. The molecule has 2 aromatic rings. The summed E-state index contributed by atoms with van der Waals surface area (Å²) in [6.07, 6.45) is 0.905. The zero-order valence-electron chi connectivity index (χ0n) is 12.1. The summed E-state index contributed by atoms with van der Waals surface area (Å²) in [4.78, 5) is 24.5. The van der Waals surface area contributed by atoms with E-state index in [1.54, 1.807) is 29.5 Å². The Morgan fingerprint density at radius 2 is 2.14 bits per heavy atom. The second-order valence-corrected chi connectivity index (χ2v) is 6.22. The molecule has 0 saturated heterocycles. The largest absolute Gasteiger partial charge is 0.456 e. The van der Waals surface area contributed by atoms with Gasteiger partial charge in [0.25, 0.3) is 5.91 Å². The van der Waals surface area contributed by atoms with Gasteiger partial charge in [0.2, 0.25) is 0 Å². The number of nitrogens with one attached hydrogen (secondary N) is 1. The molecule has 0 spiro atoms. The van der Waals surface area contributed by atoms with E-state index in [1.807, 2.05) is 24.4 Å². The average Bonchev–Trinajstić information content (AvgIpc) is 2.99. The van der Waals surface area contributed by atoms with E-state index in [9.17, 15) is 9.59 Å². The maximum Gasteiger partial charge on any atom is 0.306 e. The Hall–Kier alpha value is -1.85. The van der Waals surface area contributed by atoms with E-state index in [-0.39, 0.29) is 24.9 Å². The highest BCUT2D eigenvalue weighted by Crippen LogP contribution is 2.19. The molecule has 0 radical (unpaired) electrons. The number of carbonyl (C=O) groups excluding carboxylic acids is 2. The standard InChI is InChI=1S/C16H16ClNO3S/c1-11-9-12(17)4-6-14(11)18-15(19)10-21-16(20)7-5-13-3-2-8-22-13/h2-4,6,8-9H,5,7,10H2,1H3,(H,18,19). The zero-order valence-corrected chi connectivity index (χ0v) is 13.7. The summed E-state index contributed by atoms with van der Waals surface area (Å²) in [6.45, 7) is 1.56. The van der Waals surface area contributed by atoms with Gasteiger partial charge in [0, 0.05) is 15.6 Å². The summed E-state index contributed by atoms with van der Waals surface area (Å²) >= 11 is 7.45. The van der Waals surface area contributed by atoms with Crippen LogP contribution in [0.1, 0.15) is 16.9 Å². The highest BCUT2D eigenvalue weighted by Gasteiger charge is 2.09. The highest BCUT2D eigenvalue weighted by molar-refractivity contribution is 7.09. The van der Waals surface area contributed by atoms with Crippen LogP contribution in [-0.2, 0) is 20.7 Å². The van der Waals surface area contributed by atoms with Crippen LogP contribution in [0.2, 0.25) is 5.02 Å². The van der Waals surface area contributed by atoms with Crippen LogP contribution in [0.3, 0.4) is 0 Å². The lowest BCUT2D eigenvalue weighted by Gasteiger charge is -2.09. The number of amides is 1. The molecule has 4 nitrogen and oxygen atoms in total. The molecule has 6 heteroatoms. The number of halogens is 1. The molecule has 0 atom stereocenters. The maximum absolute atomic E-state index is 11.8. The van der Waals surface area contributed by atoms with Crippen LogP contribution in [0.5, 0.6) is 0 Å². The molecule has 116 valence electrons. The van der Waals surface area contributed by atoms with Gasteiger partial charge in [0.05, 0.1) is 6.42 Å². The molecular formula is C16H16ClNO3S. The van der Waals surface area contributed by atoms with Crippen LogP contribution in [0.15, 0.2) is 35.7 Å². The SMILES string of the molecule is Cc1cc(Cl)ccc1NC(=O)COC(=O)CCc1cccs1. The van der Waals surface area contributed by atoms with Gasteiger partial charge in [-0.2, -0.15) is 0 Å². The summed E-state index contributed by atoms with van der Waals surface area (Å²) < 4.78 is 4.97. The fourth-order valence-corrected chi connectivity index (χ4v) is 2.79. The van der Waals surface area contributed by atoms with Crippen molar-refractivity contribution in [2.75, 3.05) is 11.9 Å². The van der Waals surface area contributed by atoms with Crippen LogP contribution in [0.25, 0.3) is 0 Å². The molecule has 2 rings (SSSR count). The fourth-order valence-electron chi connectivity index (χ4n) is 1.85. The Balaban J connectivity index is 1.74. The van der Waals surface area contributed by atoms with Gasteiger partial charge in [-0.3, -0.25) is 9.59 Å². The van der Waals surface area contributed by atoms with Crippen LogP contribution < -0.4 is 5.32 Å². The summed E-state index contributed by atoms with van der Waals surface area (Å²) in [7, 11) is 0. The van der Waals surface area contributed by atoms with Crippen molar-refractivity contribution in [1.82, 2.24) is 0 Å². The number of esters is 1. The Morgan fingerprint density at radius 1 is 1.32 bits per heavy atom. The molecule has 0 aliphatic carbocycles. The van der Waals surface area contributed by atoms with E-state index >= 15 is 0 Å². The van der Waals surface area contributed by atoms with Crippen molar-refractivity contribution in [3.63, 3.8) is 0 Å². The van der Waals surface area contributed by atoms with Crippen LogP contribution in [0, 0.1) is 6.92 Å². The lowest BCUT2D eigenvalue weighted by Crippen LogP contribution is -2.21. The van der Waals surface area contributed by atoms with Crippen molar-refractivity contribution in [1.29, 1.82) is 0 Å². The minimum Gasteiger partial charge on any atom is -0.456 e. The van der Waals surface area contributed by atoms with E-state index in [4.69, 9.17) is 16.3 Å². The summed E-state index contributed by atoms with van der Waals surface area (Å²) in [6, 6.07) is 9.07. The van der Waals surface area contributed by atoms with Gasteiger partial charge >= 0.3 is 5.97 Å². The zero-order chi connectivity index (χ0) is 15.9. The number of hydrogen-bond donors (Lipinski definition) is 1. The molecule has 0 fully saturated rings. The Bertz CT molecular complexity index is 655. The second kappa shape index (κ2) is 7.96. The smallest absolute Gasteiger partial charge is 0.306 e.